The summed E-state index contributed by atoms with van der Waals surface area (Å²) >= 11 is 0.356. The van der Waals surface area contributed by atoms with Gasteiger partial charge in [-0.25, -0.2) is 0 Å². The van der Waals surface area contributed by atoms with Gasteiger partial charge in [-0.3, -0.25) is 0 Å². The van der Waals surface area contributed by atoms with E-state index in [0.717, 1.165) is 17.0 Å². The topological polar surface area (TPSA) is 34.1 Å². The molecule has 10 heavy (non-hydrogen) atoms. The Balaban J connectivity index is 2.91. The van der Waals surface area contributed by atoms with E-state index in [1.54, 1.807) is 0 Å². The van der Waals surface area contributed by atoms with Crippen LogP contribution in [0.4, 0.5) is 0 Å². The van der Waals surface area contributed by atoms with Gasteiger partial charge in [-0.15, -0.1) is 0 Å². The third kappa shape index (κ3) is 0.476. The fourth-order valence-corrected chi connectivity index (χ4v) is 4.67. The van der Waals surface area contributed by atoms with Crippen LogP contribution in [-0.2, 0) is 0 Å². The molecular formula is C6O2Se2. The first kappa shape index (κ1) is 5.50. The number of hydrogen-bond acceptors (Lipinski definition) is 2. The quantitative estimate of drug-likeness (QED) is 0.494. The summed E-state index contributed by atoms with van der Waals surface area (Å²) in [5, 5.41) is 0. The average molecular weight is 262 g/mol. The van der Waals surface area contributed by atoms with Crippen LogP contribution in [0, 0.1) is 0 Å². The van der Waals surface area contributed by atoms with Gasteiger partial charge in [0.25, 0.3) is 0 Å². The van der Waals surface area contributed by atoms with Crippen molar-refractivity contribution in [1.29, 1.82) is 0 Å². The molecular weight excluding hydrogens is 262 g/mol. The number of fused-ring (bicyclic) bond motifs is 2. The second-order valence-corrected chi connectivity index (χ2v) is 6.46. The Bertz CT molecular complexity index is 480. The Labute approximate surface area is 66.6 Å². The summed E-state index contributed by atoms with van der Waals surface area (Å²) in [7, 11) is 0. The van der Waals surface area contributed by atoms with Crippen LogP contribution < -0.4 is 10.9 Å². The van der Waals surface area contributed by atoms with Crippen LogP contribution >= 0.6 is 0 Å². The molecule has 0 bridgehead atoms. The average Bonchev–Trinajstić information content (AvgIpc) is 2.77. The van der Waals surface area contributed by atoms with Crippen molar-refractivity contribution in [1.82, 2.24) is 0 Å². The van der Waals surface area contributed by atoms with Crippen molar-refractivity contribution in [3.63, 3.8) is 0 Å². The van der Waals surface area contributed by atoms with Gasteiger partial charge in [-0.05, 0) is 0 Å². The third-order valence-electron chi connectivity index (χ3n) is 1.56. The van der Waals surface area contributed by atoms with Crippen LogP contribution in [0.2, 0.25) is 0 Å². The van der Waals surface area contributed by atoms with E-state index in [1.165, 1.54) is 0 Å². The molecule has 48 valence electrons. The van der Waals surface area contributed by atoms with Crippen LogP contribution in [0.1, 0.15) is 0 Å². The van der Waals surface area contributed by atoms with E-state index in [0.29, 0.717) is 0 Å². The Kier molecular flexibility index (Phi) is 0.763. The number of hydrogen-bond donors (Lipinski definition) is 0. The van der Waals surface area contributed by atoms with Gasteiger partial charge in [-0.2, -0.15) is 0 Å². The summed E-state index contributed by atoms with van der Waals surface area (Å²) < 4.78 is 3.48. The van der Waals surface area contributed by atoms with Crippen molar-refractivity contribution in [3.05, 3.63) is 20.4 Å². The predicted octanol–water partition coefficient (Wildman–Crippen LogP) is -0.859. The van der Waals surface area contributed by atoms with Gasteiger partial charge in [0, 0.05) is 0 Å². The fraction of sp³-hybridized carbons (Fsp3) is 0. The van der Waals surface area contributed by atoms with E-state index in [4.69, 9.17) is 0 Å². The molecule has 0 aliphatic heterocycles. The summed E-state index contributed by atoms with van der Waals surface area (Å²) in [6.07, 6.45) is 0. The van der Waals surface area contributed by atoms with Crippen LogP contribution in [-0.4, -0.2) is 29.0 Å². The van der Waals surface area contributed by atoms with Gasteiger partial charge >= 0.3 is 66.5 Å². The summed E-state index contributed by atoms with van der Waals surface area (Å²) in [6, 6.07) is 0. The van der Waals surface area contributed by atoms with Crippen molar-refractivity contribution < 1.29 is 0 Å². The molecule has 2 nitrogen and oxygen atoms in total. The molecule has 0 saturated carbocycles. The van der Waals surface area contributed by atoms with E-state index in [9.17, 15) is 9.59 Å². The molecule has 0 amide bonds. The zero-order chi connectivity index (χ0) is 6.88. The molecule has 1 aromatic carbocycles. The Morgan fingerprint density at radius 3 is 1.30 bits per heavy atom. The summed E-state index contributed by atoms with van der Waals surface area (Å²) in [4.78, 5) is 22.2. The zero-order valence-electron chi connectivity index (χ0n) is 4.63. The minimum absolute atomic E-state index is 0.178. The van der Waals surface area contributed by atoms with Crippen molar-refractivity contribution in [2.24, 2.45) is 0 Å². The summed E-state index contributed by atoms with van der Waals surface area (Å²) in [5.41, 5.74) is 0.425. The van der Waals surface area contributed by atoms with E-state index in [1.807, 2.05) is 0 Å². The van der Waals surface area contributed by atoms with Gasteiger partial charge in [0.2, 0.25) is 0 Å². The van der Waals surface area contributed by atoms with E-state index in [-0.39, 0.29) is 39.9 Å². The molecule has 0 spiro atoms. The number of benzene rings is 1. The molecule has 2 heterocycles. The first-order valence-corrected chi connectivity index (χ1v) is 6.15. The SMILES string of the molecule is O=c1c2[se]c2c(=O)c2[se]c12. The van der Waals surface area contributed by atoms with Gasteiger partial charge < -0.3 is 0 Å². The Hall–Kier alpha value is -0.141. The van der Waals surface area contributed by atoms with Gasteiger partial charge in [0.05, 0.1) is 0 Å². The second kappa shape index (κ2) is 1.39. The monoisotopic (exact) mass is 264 g/mol. The predicted molar refractivity (Wildman–Crippen MR) is 41.4 cm³/mol. The Morgan fingerprint density at radius 2 is 1.00 bits per heavy atom. The van der Waals surface area contributed by atoms with Gasteiger partial charge in [-0.1, -0.05) is 0 Å². The van der Waals surface area contributed by atoms with Crippen LogP contribution in [0.5, 0.6) is 0 Å². The molecule has 0 N–H and O–H groups in total. The number of rotatable bonds is 0. The maximum absolute atomic E-state index is 11.1. The van der Waals surface area contributed by atoms with Gasteiger partial charge in [0.15, 0.2) is 0 Å². The molecule has 0 fully saturated rings. The van der Waals surface area contributed by atoms with Crippen molar-refractivity contribution in [3.8, 4) is 0 Å². The molecule has 3 rings (SSSR count). The van der Waals surface area contributed by atoms with Crippen LogP contribution in [0.3, 0.4) is 0 Å². The molecule has 0 unspecified atom stereocenters. The van der Waals surface area contributed by atoms with Gasteiger partial charge in [0.1, 0.15) is 0 Å². The zero-order valence-corrected chi connectivity index (χ0v) is 8.06. The molecule has 4 heteroatoms. The van der Waals surface area contributed by atoms with E-state index >= 15 is 0 Å². The maximum atomic E-state index is 11.1. The molecule has 2 aromatic heterocycles. The second-order valence-electron chi connectivity index (χ2n) is 2.18. The normalized spacial score (nSPS) is 12.8. The fourth-order valence-electron chi connectivity index (χ4n) is 0.957. The van der Waals surface area contributed by atoms with Crippen LogP contribution in [0.25, 0.3) is 17.0 Å². The molecule has 0 aliphatic rings. The summed E-state index contributed by atoms with van der Waals surface area (Å²) in [5.74, 6) is 0. The van der Waals surface area contributed by atoms with Crippen molar-refractivity contribution >= 4 is 46.0 Å². The Morgan fingerprint density at radius 1 is 0.700 bits per heavy atom. The van der Waals surface area contributed by atoms with E-state index in [2.05, 4.69) is 0 Å². The standard InChI is InChI=1S/C6O2Se2/c7-1-3-5(9-3)2(8)6-4(1)10-6. The molecule has 0 radical (unpaired) electrons. The minimum atomic E-state index is 0.178. The first-order valence-electron chi connectivity index (χ1n) is 2.72. The van der Waals surface area contributed by atoms with Crippen molar-refractivity contribution in [2.45, 2.75) is 0 Å². The van der Waals surface area contributed by atoms with E-state index < -0.39 is 0 Å². The molecule has 0 saturated heterocycles. The molecule has 0 atom stereocenters. The third-order valence-corrected chi connectivity index (χ3v) is 5.69. The summed E-state index contributed by atoms with van der Waals surface area (Å²) in [6.45, 7) is 0. The van der Waals surface area contributed by atoms with Crippen molar-refractivity contribution in [2.75, 3.05) is 0 Å². The first-order chi connectivity index (χ1) is 4.79. The molecule has 0 aliphatic carbocycles. The molecule has 3 aromatic rings. The van der Waals surface area contributed by atoms with Crippen LogP contribution in [0.15, 0.2) is 9.59 Å².